The number of alkyl halides is 4. The van der Waals surface area contributed by atoms with Crippen LogP contribution in [0.15, 0.2) is 0 Å². The normalized spacial score (nSPS) is 15.6. The van der Waals surface area contributed by atoms with Crippen molar-refractivity contribution >= 4 is 20.2 Å². The van der Waals surface area contributed by atoms with E-state index in [0.717, 1.165) is 0 Å². The Morgan fingerprint density at radius 1 is 0.786 bits per heavy atom. The summed E-state index contributed by atoms with van der Waals surface area (Å²) >= 11 is 0. The first-order chi connectivity index (χ1) is 5.75. The van der Waals surface area contributed by atoms with Gasteiger partial charge in [-0.05, 0) is 0 Å². The van der Waals surface area contributed by atoms with Crippen LogP contribution in [0.1, 0.15) is 0 Å². The molecule has 0 aromatic rings. The van der Waals surface area contributed by atoms with E-state index in [9.17, 15) is 34.4 Å². The Bertz CT molecular complexity index is 383. The highest BCUT2D eigenvalue weighted by Crippen LogP contribution is 2.41. The molecule has 0 aliphatic rings. The summed E-state index contributed by atoms with van der Waals surface area (Å²) in [5.74, 6) is 0. The molecular formula is C2H2F4O6S2. The van der Waals surface area contributed by atoms with Gasteiger partial charge in [0.15, 0.2) is 0 Å². The number of halogens is 4. The van der Waals surface area contributed by atoms with Crippen molar-refractivity contribution in [1.82, 2.24) is 0 Å². The van der Waals surface area contributed by atoms with Crippen molar-refractivity contribution in [3.8, 4) is 0 Å². The maximum atomic E-state index is 12.5. The summed E-state index contributed by atoms with van der Waals surface area (Å²) in [6, 6.07) is 0. The molecular weight excluding hydrogens is 260 g/mol. The van der Waals surface area contributed by atoms with Crippen molar-refractivity contribution in [2.45, 2.75) is 10.5 Å². The molecule has 0 fully saturated rings. The van der Waals surface area contributed by atoms with Crippen molar-refractivity contribution in [3.05, 3.63) is 0 Å². The first-order valence-electron chi connectivity index (χ1n) is 2.45. The highest BCUT2D eigenvalue weighted by molar-refractivity contribution is 8.05. The molecule has 0 rings (SSSR count). The molecule has 6 nitrogen and oxygen atoms in total. The molecule has 0 unspecified atom stereocenters. The van der Waals surface area contributed by atoms with Crippen molar-refractivity contribution in [3.63, 3.8) is 0 Å². The van der Waals surface area contributed by atoms with E-state index in [2.05, 4.69) is 0 Å². The van der Waals surface area contributed by atoms with Crippen LogP contribution in [0.3, 0.4) is 0 Å². The predicted molar refractivity (Wildman–Crippen MR) is 33.0 cm³/mol. The smallest absolute Gasteiger partial charge is 0.282 e. The van der Waals surface area contributed by atoms with E-state index in [1.54, 1.807) is 0 Å². The van der Waals surface area contributed by atoms with Crippen LogP contribution in [-0.2, 0) is 20.2 Å². The lowest BCUT2D eigenvalue weighted by atomic mass is 10.7. The summed E-state index contributed by atoms with van der Waals surface area (Å²) in [7, 11) is -13.4. The van der Waals surface area contributed by atoms with E-state index in [1.807, 2.05) is 0 Å². The molecule has 0 aromatic carbocycles. The van der Waals surface area contributed by atoms with Crippen LogP contribution in [0.5, 0.6) is 0 Å². The maximum absolute atomic E-state index is 12.5. The van der Waals surface area contributed by atoms with Gasteiger partial charge in [-0.1, -0.05) is 0 Å². The molecule has 14 heavy (non-hydrogen) atoms. The fourth-order valence-electron chi connectivity index (χ4n) is 0.426. The second-order valence-corrected chi connectivity index (χ2v) is 5.27. The van der Waals surface area contributed by atoms with Crippen LogP contribution >= 0.6 is 0 Å². The van der Waals surface area contributed by atoms with Crippen LogP contribution < -0.4 is 0 Å². The molecule has 86 valence electrons. The summed E-state index contributed by atoms with van der Waals surface area (Å²) < 4.78 is 96.3. The fourth-order valence-corrected chi connectivity index (χ4v) is 2.08. The first kappa shape index (κ1) is 13.5. The van der Waals surface area contributed by atoms with Crippen molar-refractivity contribution in [2.75, 3.05) is 0 Å². The average Bonchev–Trinajstić information content (AvgIpc) is 1.77. The zero-order valence-corrected chi connectivity index (χ0v) is 7.49. The van der Waals surface area contributed by atoms with E-state index in [-0.39, 0.29) is 0 Å². The maximum Gasteiger partial charge on any atom is 0.458 e. The molecule has 0 aromatic heterocycles. The third-order valence-corrected chi connectivity index (χ3v) is 4.06. The minimum Gasteiger partial charge on any atom is -0.282 e. The second kappa shape index (κ2) is 3.01. The monoisotopic (exact) mass is 262 g/mol. The highest BCUT2D eigenvalue weighted by atomic mass is 32.3. The van der Waals surface area contributed by atoms with Crippen LogP contribution in [0.2, 0.25) is 0 Å². The molecule has 0 amide bonds. The molecule has 0 bridgehead atoms. The fraction of sp³-hybridized carbons (Fsp3) is 1.00. The van der Waals surface area contributed by atoms with Gasteiger partial charge in [0.05, 0.1) is 0 Å². The lowest BCUT2D eigenvalue weighted by Crippen LogP contribution is -2.53. The molecule has 0 heterocycles. The van der Waals surface area contributed by atoms with E-state index >= 15 is 0 Å². The van der Waals surface area contributed by atoms with Gasteiger partial charge in [0, 0.05) is 0 Å². The number of rotatable bonds is 2. The highest BCUT2D eigenvalue weighted by Gasteiger charge is 2.75. The van der Waals surface area contributed by atoms with Gasteiger partial charge in [-0.25, -0.2) is 0 Å². The summed E-state index contributed by atoms with van der Waals surface area (Å²) in [4.78, 5) is 0. The number of hydrogen-bond donors (Lipinski definition) is 2. The SMILES string of the molecule is O=S(=O)(O)C(F)(C(F)(F)F)S(=O)(=O)O. The second-order valence-electron chi connectivity index (χ2n) is 1.98. The third-order valence-electron chi connectivity index (χ3n) is 1.00. The van der Waals surface area contributed by atoms with E-state index in [0.29, 0.717) is 0 Å². The Labute approximate surface area is 75.0 Å². The Morgan fingerprint density at radius 3 is 1.00 bits per heavy atom. The van der Waals surface area contributed by atoms with E-state index in [4.69, 9.17) is 9.11 Å². The zero-order valence-electron chi connectivity index (χ0n) is 5.86. The molecule has 0 aliphatic heterocycles. The number of hydrogen-bond acceptors (Lipinski definition) is 4. The minimum absolute atomic E-state index is 6.13. The lowest BCUT2D eigenvalue weighted by Gasteiger charge is -2.20. The molecule has 0 spiro atoms. The average molecular weight is 262 g/mol. The molecule has 0 aliphatic carbocycles. The van der Waals surface area contributed by atoms with Gasteiger partial charge in [0.25, 0.3) is 0 Å². The standard InChI is InChI=1S/C2H2F4O6S2/c3-1(4,5)2(6,13(7,8)9)14(10,11)12/h(H,7,8,9)(H,10,11,12). The summed E-state index contributed by atoms with van der Waals surface area (Å²) in [6.45, 7) is 0. The van der Waals surface area contributed by atoms with Crippen LogP contribution in [-0.4, -0.2) is 36.5 Å². The van der Waals surface area contributed by atoms with Crippen molar-refractivity contribution in [2.24, 2.45) is 0 Å². The molecule has 12 heteroatoms. The van der Waals surface area contributed by atoms with Gasteiger partial charge in [0.1, 0.15) is 0 Å². The van der Waals surface area contributed by atoms with Gasteiger partial charge in [0.2, 0.25) is 0 Å². The largest absolute Gasteiger partial charge is 0.458 e. The van der Waals surface area contributed by atoms with Gasteiger partial charge in [-0.15, -0.1) is 0 Å². The van der Waals surface area contributed by atoms with Gasteiger partial charge in [-0.3, -0.25) is 9.11 Å². The van der Waals surface area contributed by atoms with Crippen LogP contribution in [0.4, 0.5) is 17.6 Å². The lowest BCUT2D eigenvalue weighted by molar-refractivity contribution is -0.173. The Kier molecular flexibility index (Phi) is 2.91. The molecule has 2 N–H and O–H groups in total. The summed E-state index contributed by atoms with van der Waals surface area (Å²) in [5.41, 5.74) is 0. The first-order valence-corrected chi connectivity index (χ1v) is 5.33. The van der Waals surface area contributed by atoms with Crippen molar-refractivity contribution in [1.29, 1.82) is 0 Å². The Morgan fingerprint density at radius 2 is 1.00 bits per heavy atom. The summed E-state index contributed by atoms with van der Waals surface area (Å²) in [5, 5.41) is 0. The Hall–Kier alpha value is -0.460. The van der Waals surface area contributed by atoms with E-state index < -0.39 is 30.7 Å². The summed E-state index contributed by atoms with van der Waals surface area (Å²) in [6.07, 6.45) is -6.52. The van der Waals surface area contributed by atoms with Crippen LogP contribution in [0, 0.1) is 0 Å². The van der Waals surface area contributed by atoms with Gasteiger partial charge in [-0.2, -0.15) is 34.4 Å². The third kappa shape index (κ3) is 1.82. The van der Waals surface area contributed by atoms with E-state index in [1.165, 1.54) is 0 Å². The molecule has 0 saturated carbocycles. The quantitative estimate of drug-likeness (QED) is 0.533. The molecule has 0 saturated heterocycles. The van der Waals surface area contributed by atoms with Crippen molar-refractivity contribution < 1.29 is 43.5 Å². The molecule has 0 radical (unpaired) electrons. The zero-order chi connectivity index (χ0) is 12.0. The van der Waals surface area contributed by atoms with Gasteiger partial charge >= 0.3 is 30.7 Å². The predicted octanol–water partition coefficient (Wildman–Crippen LogP) is -0.0524. The topological polar surface area (TPSA) is 109 Å². The minimum atomic E-state index is -6.71. The van der Waals surface area contributed by atoms with Crippen LogP contribution in [0.25, 0.3) is 0 Å². The Balaban J connectivity index is 6.09. The van der Waals surface area contributed by atoms with Gasteiger partial charge < -0.3 is 0 Å². The molecule has 0 atom stereocenters.